The minimum absolute atomic E-state index is 0.183. The largest absolute Gasteiger partial charge is 0.378 e. The van der Waals surface area contributed by atoms with Gasteiger partial charge in [-0.25, -0.2) is 13.1 Å². The van der Waals surface area contributed by atoms with Gasteiger partial charge in [0.2, 0.25) is 10.0 Å². The van der Waals surface area contributed by atoms with Crippen molar-refractivity contribution in [3.8, 4) is 0 Å². The predicted molar refractivity (Wildman–Crippen MR) is 82.5 cm³/mol. The van der Waals surface area contributed by atoms with Crippen LogP contribution in [0.1, 0.15) is 36.8 Å². The van der Waals surface area contributed by atoms with Crippen molar-refractivity contribution >= 4 is 10.0 Å². The molecule has 0 aliphatic carbocycles. The van der Waals surface area contributed by atoms with Crippen LogP contribution in [0.3, 0.4) is 0 Å². The summed E-state index contributed by atoms with van der Waals surface area (Å²) in [5.74, 6) is 0. The number of nitrogens with one attached hydrogen (secondary N) is 1. The maximum absolute atomic E-state index is 12.3. The van der Waals surface area contributed by atoms with Crippen molar-refractivity contribution < 1.29 is 13.2 Å². The number of ether oxygens (including phenoxy) is 1. The van der Waals surface area contributed by atoms with E-state index in [1.807, 2.05) is 6.07 Å². The lowest BCUT2D eigenvalue weighted by molar-refractivity contribution is 0.0123. The van der Waals surface area contributed by atoms with E-state index in [1.54, 1.807) is 19.1 Å². The molecule has 21 heavy (non-hydrogen) atoms. The fraction of sp³-hybridized carbons (Fsp3) is 0.600. The highest BCUT2D eigenvalue weighted by atomic mass is 32.2. The summed E-state index contributed by atoms with van der Waals surface area (Å²) in [5, 5.41) is 0. The summed E-state index contributed by atoms with van der Waals surface area (Å²) in [6, 6.07) is 5.20. The van der Waals surface area contributed by atoms with E-state index in [9.17, 15) is 8.42 Å². The Morgan fingerprint density at radius 3 is 2.81 bits per heavy atom. The lowest BCUT2D eigenvalue weighted by Crippen LogP contribution is -2.30. The SMILES string of the molecule is Cc1cc(CN)ccc1S(=O)(=O)NCCC1CCCCO1. The van der Waals surface area contributed by atoms with Gasteiger partial charge in [-0.1, -0.05) is 12.1 Å². The van der Waals surface area contributed by atoms with Crippen LogP contribution in [0, 0.1) is 6.92 Å². The molecular formula is C15H24N2O3S. The Balaban J connectivity index is 1.94. The van der Waals surface area contributed by atoms with E-state index >= 15 is 0 Å². The molecular weight excluding hydrogens is 288 g/mol. The molecule has 0 aromatic heterocycles. The molecule has 1 fully saturated rings. The van der Waals surface area contributed by atoms with Gasteiger partial charge in [0, 0.05) is 19.7 Å². The summed E-state index contributed by atoms with van der Waals surface area (Å²) in [6.45, 7) is 3.40. The Bertz CT molecular complexity index is 566. The van der Waals surface area contributed by atoms with Gasteiger partial charge >= 0.3 is 0 Å². The summed E-state index contributed by atoms with van der Waals surface area (Å²) >= 11 is 0. The first-order valence-corrected chi connectivity index (χ1v) is 8.92. The summed E-state index contributed by atoms with van der Waals surface area (Å²) in [7, 11) is -3.46. The van der Waals surface area contributed by atoms with Crippen molar-refractivity contribution in [2.75, 3.05) is 13.2 Å². The Kier molecular flexibility index (Phi) is 5.75. The quantitative estimate of drug-likeness (QED) is 0.837. The van der Waals surface area contributed by atoms with Crippen molar-refractivity contribution in [3.63, 3.8) is 0 Å². The monoisotopic (exact) mass is 312 g/mol. The number of sulfonamides is 1. The highest BCUT2D eigenvalue weighted by molar-refractivity contribution is 7.89. The van der Waals surface area contributed by atoms with Gasteiger partial charge in [0.15, 0.2) is 0 Å². The van der Waals surface area contributed by atoms with Crippen molar-refractivity contribution in [1.82, 2.24) is 4.72 Å². The van der Waals surface area contributed by atoms with Crippen LogP contribution in [-0.4, -0.2) is 27.7 Å². The predicted octanol–water partition coefficient (Wildman–Crippen LogP) is 1.69. The van der Waals surface area contributed by atoms with E-state index in [0.29, 0.717) is 18.0 Å². The molecule has 1 aromatic rings. The second-order valence-corrected chi connectivity index (χ2v) is 7.21. The molecule has 6 heteroatoms. The van der Waals surface area contributed by atoms with E-state index in [4.69, 9.17) is 10.5 Å². The fourth-order valence-corrected chi connectivity index (χ4v) is 3.88. The molecule has 3 N–H and O–H groups in total. The van der Waals surface area contributed by atoms with Gasteiger partial charge in [-0.15, -0.1) is 0 Å². The molecule has 1 atom stereocenters. The van der Waals surface area contributed by atoms with E-state index in [-0.39, 0.29) is 6.10 Å². The van der Waals surface area contributed by atoms with Crippen LogP contribution < -0.4 is 10.5 Å². The second kappa shape index (κ2) is 7.35. The van der Waals surface area contributed by atoms with Gasteiger partial charge in [-0.2, -0.15) is 0 Å². The zero-order valence-corrected chi connectivity index (χ0v) is 13.3. The highest BCUT2D eigenvalue weighted by Gasteiger charge is 2.18. The third-order valence-corrected chi connectivity index (χ3v) is 5.42. The molecule has 1 aromatic carbocycles. The minimum Gasteiger partial charge on any atom is -0.378 e. The zero-order chi connectivity index (χ0) is 15.3. The molecule has 1 saturated heterocycles. The van der Waals surface area contributed by atoms with E-state index in [2.05, 4.69) is 4.72 Å². The molecule has 1 aliphatic heterocycles. The fourth-order valence-electron chi connectivity index (χ4n) is 2.61. The molecule has 0 amide bonds. The van der Waals surface area contributed by atoms with Crippen LogP contribution in [0.25, 0.3) is 0 Å². The van der Waals surface area contributed by atoms with Crippen LogP contribution in [0.2, 0.25) is 0 Å². The van der Waals surface area contributed by atoms with E-state index in [0.717, 1.165) is 43.4 Å². The number of aryl methyl sites for hydroxylation is 1. The number of benzene rings is 1. The zero-order valence-electron chi connectivity index (χ0n) is 12.5. The first-order chi connectivity index (χ1) is 10.0. The number of hydrogen-bond acceptors (Lipinski definition) is 4. The van der Waals surface area contributed by atoms with Gasteiger partial charge in [0.1, 0.15) is 0 Å². The van der Waals surface area contributed by atoms with Crippen molar-refractivity contribution in [1.29, 1.82) is 0 Å². The highest BCUT2D eigenvalue weighted by Crippen LogP contribution is 2.18. The maximum Gasteiger partial charge on any atom is 0.240 e. The van der Waals surface area contributed by atoms with Crippen LogP contribution in [0.15, 0.2) is 23.1 Å². The molecule has 1 aliphatic rings. The van der Waals surface area contributed by atoms with Gasteiger partial charge in [-0.05, 0) is 49.8 Å². The van der Waals surface area contributed by atoms with Gasteiger partial charge < -0.3 is 10.5 Å². The van der Waals surface area contributed by atoms with Crippen LogP contribution in [0.5, 0.6) is 0 Å². The average Bonchev–Trinajstić information content (AvgIpc) is 2.47. The van der Waals surface area contributed by atoms with E-state index in [1.165, 1.54) is 0 Å². The average molecular weight is 312 g/mol. The van der Waals surface area contributed by atoms with Gasteiger partial charge in [0.05, 0.1) is 11.0 Å². The third kappa shape index (κ3) is 4.51. The molecule has 1 heterocycles. The standard InChI is InChI=1S/C15H24N2O3S/c1-12-10-13(11-16)5-6-15(12)21(18,19)17-8-7-14-4-2-3-9-20-14/h5-6,10,14,17H,2-4,7-9,11,16H2,1H3. The van der Waals surface area contributed by atoms with Gasteiger partial charge in [0.25, 0.3) is 0 Å². The second-order valence-electron chi connectivity index (χ2n) is 5.48. The Morgan fingerprint density at radius 2 is 2.19 bits per heavy atom. The molecule has 118 valence electrons. The summed E-state index contributed by atoms with van der Waals surface area (Å²) in [5.41, 5.74) is 7.22. The molecule has 5 nitrogen and oxygen atoms in total. The normalized spacial score (nSPS) is 19.6. The summed E-state index contributed by atoms with van der Waals surface area (Å²) < 4.78 is 32.9. The molecule has 0 saturated carbocycles. The van der Waals surface area contributed by atoms with Crippen molar-refractivity contribution in [2.45, 2.75) is 50.2 Å². The summed E-state index contributed by atoms with van der Waals surface area (Å²) in [6.07, 6.45) is 4.19. The molecule has 2 rings (SSSR count). The number of nitrogens with two attached hydrogens (primary N) is 1. The molecule has 1 unspecified atom stereocenters. The van der Waals surface area contributed by atoms with Gasteiger partial charge in [-0.3, -0.25) is 0 Å². The molecule has 0 spiro atoms. The Hall–Kier alpha value is -0.950. The smallest absolute Gasteiger partial charge is 0.240 e. The van der Waals surface area contributed by atoms with Crippen LogP contribution in [0.4, 0.5) is 0 Å². The first kappa shape index (κ1) is 16.4. The van der Waals surface area contributed by atoms with E-state index < -0.39 is 10.0 Å². The summed E-state index contributed by atoms with van der Waals surface area (Å²) in [4.78, 5) is 0.323. The molecule has 0 radical (unpaired) electrons. The molecule has 0 bridgehead atoms. The number of rotatable bonds is 6. The van der Waals surface area contributed by atoms with Crippen LogP contribution >= 0.6 is 0 Å². The maximum atomic E-state index is 12.3. The Labute approximate surface area is 126 Å². The minimum atomic E-state index is -3.46. The first-order valence-electron chi connectivity index (χ1n) is 7.44. The van der Waals surface area contributed by atoms with Crippen molar-refractivity contribution in [2.24, 2.45) is 5.73 Å². The van der Waals surface area contributed by atoms with Crippen molar-refractivity contribution in [3.05, 3.63) is 29.3 Å². The number of hydrogen-bond donors (Lipinski definition) is 2. The topological polar surface area (TPSA) is 81.4 Å². The lowest BCUT2D eigenvalue weighted by Gasteiger charge is -2.22. The lowest BCUT2D eigenvalue weighted by atomic mass is 10.1. The Morgan fingerprint density at radius 1 is 1.38 bits per heavy atom. The van der Waals surface area contributed by atoms with Crippen LogP contribution in [-0.2, 0) is 21.3 Å². The third-order valence-electron chi connectivity index (χ3n) is 3.80.